The second kappa shape index (κ2) is 6.55. The molecule has 0 fully saturated rings. The van der Waals surface area contributed by atoms with Gasteiger partial charge in [-0.1, -0.05) is 6.92 Å². The van der Waals surface area contributed by atoms with Crippen LogP contribution >= 0.6 is 0 Å². The molecule has 26 heavy (non-hydrogen) atoms. The SMILES string of the molecule is CCC1c2cccn2CCN1C(=O)CCc1c(C)nc2ncnn2c1C. The molecule has 1 aliphatic rings. The molecule has 4 heterocycles. The van der Waals surface area contributed by atoms with Gasteiger partial charge >= 0.3 is 0 Å². The van der Waals surface area contributed by atoms with Crippen LogP contribution in [0.25, 0.3) is 5.78 Å². The van der Waals surface area contributed by atoms with Crippen molar-refractivity contribution in [2.75, 3.05) is 6.54 Å². The van der Waals surface area contributed by atoms with E-state index in [9.17, 15) is 4.79 Å². The van der Waals surface area contributed by atoms with Crippen LogP contribution in [0.3, 0.4) is 0 Å². The number of nitrogens with zero attached hydrogens (tertiary/aromatic N) is 6. The Labute approximate surface area is 152 Å². The summed E-state index contributed by atoms with van der Waals surface area (Å²) in [4.78, 5) is 23.7. The average molecular weight is 352 g/mol. The van der Waals surface area contributed by atoms with Crippen LogP contribution in [0.15, 0.2) is 24.7 Å². The van der Waals surface area contributed by atoms with Gasteiger partial charge < -0.3 is 9.47 Å². The van der Waals surface area contributed by atoms with E-state index < -0.39 is 0 Å². The lowest BCUT2D eigenvalue weighted by molar-refractivity contribution is -0.134. The first-order valence-corrected chi connectivity index (χ1v) is 9.20. The van der Waals surface area contributed by atoms with Gasteiger partial charge in [-0.25, -0.2) is 9.50 Å². The number of rotatable bonds is 4. The van der Waals surface area contributed by atoms with Crippen molar-refractivity contribution in [3.05, 3.63) is 47.3 Å². The molecule has 3 aromatic rings. The van der Waals surface area contributed by atoms with Gasteiger partial charge in [-0.05, 0) is 44.4 Å². The molecule has 3 aromatic heterocycles. The van der Waals surface area contributed by atoms with E-state index in [1.165, 1.54) is 12.0 Å². The maximum absolute atomic E-state index is 13.0. The number of fused-ring (bicyclic) bond motifs is 2. The molecule has 4 rings (SSSR count). The minimum atomic E-state index is 0.171. The highest BCUT2D eigenvalue weighted by molar-refractivity contribution is 5.77. The highest BCUT2D eigenvalue weighted by atomic mass is 16.2. The molecule has 7 heteroatoms. The third kappa shape index (κ3) is 2.67. The fourth-order valence-electron chi connectivity index (χ4n) is 4.09. The van der Waals surface area contributed by atoms with E-state index in [4.69, 9.17) is 0 Å². The van der Waals surface area contributed by atoms with Gasteiger partial charge in [0.1, 0.15) is 6.33 Å². The minimum Gasteiger partial charge on any atom is -0.348 e. The molecule has 0 N–H and O–H groups in total. The van der Waals surface area contributed by atoms with E-state index in [0.29, 0.717) is 18.6 Å². The number of carbonyl (C=O) groups is 1. The normalized spacial score (nSPS) is 16.9. The molecule has 0 radical (unpaired) electrons. The van der Waals surface area contributed by atoms with Crippen LogP contribution in [0.5, 0.6) is 0 Å². The molecule has 0 bridgehead atoms. The molecule has 0 spiro atoms. The quantitative estimate of drug-likeness (QED) is 0.723. The topological polar surface area (TPSA) is 68.3 Å². The summed E-state index contributed by atoms with van der Waals surface area (Å²) in [6.07, 6.45) is 5.71. The molecule has 7 nitrogen and oxygen atoms in total. The standard InChI is InChI=1S/C19H24N6O/c1-4-16-17-6-5-9-23(17)10-11-24(16)18(26)8-7-15-13(2)22-19-20-12-21-25(19)14(15)3/h5-6,9,12,16H,4,7-8,10-11H2,1-3H3. The zero-order valence-electron chi connectivity index (χ0n) is 15.5. The van der Waals surface area contributed by atoms with Crippen LogP contribution in [-0.4, -0.2) is 41.5 Å². The Bertz CT molecular complexity index is 956. The Kier molecular flexibility index (Phi) is 4.22. The van der Waals surface area contributed by atoms with Gasteiger partial charge in [0.05, 0.1) is 6.04 Å². The third-order valence-corrected chi connectivity index (χ3v) is 5.45. The largest absolute Gasteiger partial charge is 0.348 e. The molecule has 0 saturated carbocycles. The first-order valence-electron chi connectivity index (χ1n) is 9.20. The lowest BCUT2D eigenvalue weighted by Gasteiger charge is -2.36. The van der Waals surface area contributed by atoms with Gasteiger partial charge in [-0.2, -0.15) is 10.1 Å². The summed E-state index contributed by atoms with van der Waals surface area (Å²) in [5, 5.41) is 4.23. The number of hydrogen-bond acceptors (Lipinski definition) is 4. The molecule has 1 unspecified atom stereocenters. The average Bonchev–Trinajstić information content (AvgIpc) is 3.29. The summed E-state index contributed by atoms with van der Waals surface area (Å²) in [5.41, 5.74) is 4.27. The van der Waals surface area contributed by atoms with Gasteiger partial charge in [-0.15, -0.1) is 0 Å². The molecule has 1 aliphatic heterocycles. The van der Waals surface area contributed by atoms with Gasteiger partial charge in [0.25, 0.3) is 5.78 Å². The molecular weight excluding hydrogens is 328 g/mol. The monoisotopic (exact) mass is 352 g/mol. The molecule has 0 saturated heterocycles. The van der Waals surface area contributed by atoms with Crippen molar-refractivity contribution in [3.8, 4) is 0 Å². The Morgan fingerprint density at radius 1 is 1.31 bits per heavy atom. The highest BCUT2D eigenvalue weighted by Crippen LogP contribution is 2.29. The zero-order valence-corrected chi connectivity index (χ0v) is 15.5. The first-order chi connectivity index (χ1) is 12.6. The van der Waals surface area contributed by atoms with E-state index in [-0.39, 0.29) is 11.9 Å². The lowest BCUT2D eigenvalue weighted by atomic mass is 10.0. The van der Waals surface area contributed by atoms with Crippen LogP contribution in [0, 0.1) is 13.8 Å². The van der Waals surface area contributed by atoms with Gasteiger partial charge in [0.15, 0.2) is 0 Å². The number of aromatic nitrogens is 5. The fourth-order valence-corrected chi connectivity index (χ4v) is 4.09. The van der Waals surface area contributed by atoms with Crippen molar-refractivity contribution in [3.63, 3.8) is 0 Å². The molecule has 0 aromatic carbocycles. The summed E-state index contributed by atoms with van der Waals surface area (Å²) < 4.78 is 4.00. The summed E-state index contributed by atoms with van der Waals surface area (Å²) in [5.74, 6) is 0.819. The van der Waals surface area contributed by atoms with Gasteiger partial charge in [0.2, 0.25) is 5.91 Å². The molecular formula is C19H24N6O. The predicted octanol–water partition coefficient (Wildman–Crippen LogP) is 2.47. The number of carbonyl (C=O) groups excluding carboxylic acids is 1. The molecule has 1 atom stereocenters. The Hall–Kier alpha value is -2.70. The second-order valence-electron chi connectivity index (χ2n) is 6.87. The van der Waals surface area contributed by atoms with Gasteiger partial charge in [-0.3, -0.25) is 4.79 Å². The molecule has 0 aliphatic carbocycles. The Morgan fingerprint density at radius 2 is 2.15 bits per heavy atom. The van der Waals surface area contributed by atoms with Crippen LogP contribution in [0.1, 0.15) is 48.5 Å². The van der Waals surface area contributed by atoms with Crippen molar-refractivity contribution in [2.24, 2.45) is 0 Å². The van der Waals surface area contributed by atoms with E-state index in [1.807, 2.05) is 18.7 Å². The van der Waals surface area contributed by atoms with E-state index in [1.54, 1.807) is 4.52 Å². The van der Waals surface area contributed by atoms with E-state index in [0.717, 1.165) is 36.5 Å². The first kappa shape index (κ1) is 16.8. The molecule has 1 amide bonds. The fraction of sp³-hybridized carbons (Fsp3) is 0.474. The summed E-state index contributed by atoms with van der Waals surface area (Å²) >= 11 is 0. The van der Waals surface area contributed by atoms with E-state index in [2.05, 4.69) is 44.9 Å². The summed E-state index contributed by atoms with van der Waals surface area (Å²) in [6.45, 7) is 7.78. The number of aryl methyl sites for hydroxylation is 2. The highest BCUT2D eigenvalue weighted by Gasteiger charge is 2.29. The predicted molar refractivity (Wildman–Crippen MR) is 97.8 cm³/mol. The van der Waals surface area contributed by atoms with Crippen LogP contribution in [0.2, 0.25) is 0 Å². The van der Waals surface area contributed by atoms with Gasteiger partial charge in [0, 0.05) is 42.8 Å². The zero-order chi connectivity index (χ0) is 18.3. The summed E-state index contributed by atoms with van der Waals surface area (Å²) in [7, 11) is 0. The van der Waals surface area contributed by atoms with Crippen molar-refractivity contribution in [1.82, 2.24) is 29.0 Å². The van der Waals surface area contributed by atoms with Crippen LogP contribution < -0.4 is 0 Å². The third-order valence-electron chi connectivity index (χ3n) is 5.45. The van der Waals surface area contributed by atoms with E-state index >= 15 is 0 Å². The van der Waals surface area contributed by atoms with Crippen molar-refractivity contribution in [2.45, 2.75) is 52.6 Å². The van der Waals surface area contributed by atoms with Crippen molar-refractivity contribution < 1.29 is 4.79 Å². The molecule has 136 valence electrons. The number of amides is 1. The lowest BCUT2D eigenvalue weighted by Crippen LogP contribution is -2.41. The minimum absolute atomic E-state index is 0.171. The smallest absolute Gasteiger partial charge is 0.252 e. The van der Waals surface area contributed by atoms with Crippen molar-refractivity contribution in [1.29, 1.82) is 0 Å². The maximum Gasteiger partial charge on any atom is 0.252 e. The Morgan fingerprint density at radius 3 is 2.96 bits per heavy atom. The van der Waals surface area contributed by atoms with Crippen LogP contribution in [-0.2, 0) is 17.8 Å². The van der Waals surface area contributed by atoms with Crippen molar-refractivity contribution >= 4 is 11.7 Å². The second-order valence-corrected chi connectivity index (χ2v) is 6.87. The Balaban J connectivity index is 1.53. The number of hydrogen-bond donors (Lipinski definition) is 0. The maximum atomic E-state index is 13.0. The summed E-state index contributed by atoms with van der Waals surface area (Å²) in [6, 6.07) is 4.37. The van der Waals surface area contributed by atoms with Crippen LogP contribution in [0.4, 0.5) is 0 Å².